The van der Waals surface area contributed by atoms with Crippen molar-refractivity contribution in [2.24, 2.45) is 10.9 Å². The molecule has 0 unspecified atom stereocenters. The Morgan fingerprint density at radius 2 is 1.79 bits per heavy atom. The Morgan fingerprint density at radius 1 is 1.29 bits per heavy atom. The molecule has 1 aromatic carbocycles. The van der Waals surface area contributed by atoms with Gasteiger partial charge >= 0.3 is 0 Å². The molecule has 5 nitrogen and oxygen atoms in total. The van der Waals surface area contributed by atoms with Crippen LogP contribution in [0.15, 0.2) is 24.3 Å². The van der Waals surface area contributed by atoms with Crippen LogP contribution in [-0.4, -0.2) is 15.5 Å². The molecule has 0 saturated heterocycles. The van der Waals surface area contributed by atoms with Crippen LogP contribution in [0.3, 0.4) is 0 Å². The van der Waals surface area contributed by atoms with Gasteiger partial charge in [0.05, 0.1) is 5.69 Å². The molecule has 0 radical (unpaired) electrons. The van der Waals surface area contributed by atoms with Crippen molar-refractivity contribution < 1.29 is 8.42 Å². The Morgan fingerprint density at radius 3 is 2.14 bits per heavy atom. The number of anilines is 1. The molecular formula is C8H13N3O2S. The van der Waals surface area contributed by atoms with Crippen LogP contribution < -0.4 is 15.2 Å². The predicted molar refractivity (Wildman–Crippen MR) is 55.8 cm³/mol. The van der Waals surface area contributed by atoms with Crippen molar-refractivity contribution in [3.63, 3.8) is 0 Å². The number of rotatable bonds is 3. The minimum atomic E-state index is -3.67. The normalized spacial score (nSPS) is 11.4. The van der Waals surface area contributed by atoms with E-state index in [1.54, 1.807) is 24.3 Å². The maximum Gasteiger partial charge on any atom is 0.298 e. The Labute approximate surface area is 83.5 Å². The smallest absolute Gasteiger partial charge is 0.298 e. The molecule has 6 heteroatoms. The average Bonchev–Trinajstić information content (AvgIpc) is 2.15. The second-order valence-electron chi connectivity index (χ2n) is 2.88. The first-order valence-corrected chi connectivity index (χ1v) is 5.51. The maximum absolute atomic E-state index is 11.0. The summed E-state index contributed by atoms with van der Waals surface area (Å²) in [6.07, 6.45) is 0. The standard InChI is InChI=1S/C8H13N3O2S/c1-11(14(10,12)13)8-4-2-7(6-9)3-5-8/h2-5H,6,9H2,1H3,(H2,10,12,13). The quantitative estimate of drug-likeness (QED) is 0.730. The van der Waals surface area contributed by atoms with Gasteiger partial charge in [0, 0.05) is 13.6 Å². The van der Waals surface area contributed by atoms with Crippen LogP contribution in [0.25, 0.3) is 0 Å². The van der Waals surface area contributed by atoms with Crippen LogP contribution in [-0.2, 0) is 16.8 Å². The predicted octanol–water partition coefficient (Wildman–Crippen LogP) is -0.215. The molecule has 78 valence electrons. The summed E-state index contributed by atoms with van der Waals surface area (Å²) in [6, 6.07) is 6.84. The molecule has 0 saturated carbocycles. The highest BCUT2D eigenvalue weighted by Crippen LogP contribution is 2.14. The first-order chi connectivity index (χ1) is 6.45. The van der Waals surface area contributed by atoms with Crippen molar-refractivity contribution in [3.05, 3.63) is 29.8 Å². The lowest BCUT2D eigenvalue weighted by molar-refractivity contribution is 0.596. The second-order valence-corrected chi connectivity index (χ2v) is 4.46. The van der Waals surface area contributed by atoms with E-state index in [9.17, 15) is 8.42 Å². The van der Waals surface area contributed by atoms with Gasteiger partial charge in [-0.3, -0.25) is 4.31 Å². The Hall–Kier alpha value is -1.11. The fraction of sp³-hybridized carbons (Fsp3) is 0.250. The van der Waals surface area contributed by atoms with E-state index in [0.29, 0.717) is 12.2 Å². The molecule has 14 heavy (non-hydrogen) atoms. The number of nitrogens with zero attached hydrogens (tertiary/aromatic N) is 1. The monoisotopic (exact) mass is 215 g/mol. The number of hydrogen-bond donors (Lipinski definition) is 2. The van der Waals surface area contributed by atoms with E-state index in [2.05, 4.69) is 0 Å². The summed E-state index contributed by atoms with van der Waals surface area (Å²) >= 11 is 0. The first-order valence-electron chi connectivity index (χ1n) is 4.01. The van der Waals surface area contributed by atoms with Crippen LogP contribution in [0.1, 0.15) is 5.56 Å². The van der Waals surface area contributed by atoms with Crippen molar-refractivity contribution in [2.45, 2.75) is 6.54 Å². The van der Waals surface area contributed by atoms with Gasteiger partial charge < -0.3 is 5.73 Å². The molecule has 0 spiro atoms. The minimum Gasteiger partial charge on any atom is -0.326 e. The Bertz CT molecular complexity index is 399. The molecule has 1 rings (SSSR count). The molecule has 0 heterocycles. The van der Waals surface area contributed by atoms with Crippen molar-refractivity contribution in [1.82, 2.24) is 0 Å². The van der Waals surface area contributed by atoms with Crippen molar-refractivity contribution in [3.8, 4) is 0 Å². The molecule has 0 aliphatic rings. The molecule has 0 aliphatic heterocycles. The van der Waals surface area contributed by atoms with E-state index in [4.69, 9.17) is 10.9 Å². The highest BCUT2D eigenvalue weighted by molar-refractivity contribution is 7.90. The molecule has 0 aromatic heterocycles. The minimum absolute atomic E-state index is 0.430. The van der Waals surface area contributed by atoms with Gasteiger partial charge in [0.25, 0.3) is 10.2 Å². The zero-order valence-electron chi connectivity index (χ0n) is 7.84. The summed E-state index contributed by atoms with van der Waals surface area (Å²) in [7, 11) is -2.28. The Balaban J connectivity index is 2.98. The maximum atomic E-state index is 11.0. The number of hydrogen-bond acceptors (Lipinski definition) is 3. The van der Waals surface area contributed by atoms with Gasteiger partial charge in [0.15, 0.2) is 0 Å². The van der Waals surface area contributed by atoms with Crippen molar-refractivity contribution in [1.29, 1.82) is 0 Å². The van der Waals surface area contributed by atoms with Crippen LogP contribution in [0.4, 0.5) is 5.69 Å². The fourth-order valence-electron chi connectivity index (χ4n) is 0.989. The van der Waals surface area contributed by atoms with Gasteiger partial charge in [-0.1, -0.05) is 12.1 Å². The lowest BCUT2D eigenvalue weighted by atomic mass is 10.2. The van der Waals surface area contributed by atoms with E-state index in [1.807, 2.05) is 0 Å². The summed E-state index contributed by atoms with van der Waals surface area (Å²) in [5, 5.41) is 4.96. The topological polar surface area (TPSA) is 89.4 Å². The molecular weight excluding hydrogens is 202 g/mol. The van der Waals surface area contributed by atoms with Crippen molar-refractivity contribution >= 4 is 15.9 Å². The van der Waals surface area contributed by atoms with E-state index in [1.165, 1.54) is 7.05 Å². The SMILES string of the molecule is CN(c1ccc(CN)cc1)S(N)(=O)=O. The molecule has 0 bridgehead atoms. The van der Waals surface area contributed by atoms with Crippen LogP contribution in [0.2, 0.25) is 0 Å². The highest BCUT2D eigenvalue weighted by Gasteiger charge is 2.11. The lowest BCUT2D eigenvalue weighted by Crippen LogP contribution is -2.33. The molecule has 4 N–H and O–H groups in total. The van der Waals surface area contributed by atoms with Crippen LogP contribution in [0, 0.1) is 0 Å². The summed E-state index contributed by atoms with van der Waals surface area (Å²) in [5.74, 6) is 0. The summed E-state index contributed by atoms with van der Waals surface area (Å²) in [6.45, 7) is 0.430. The number of nitrogens with two attached hydrogens (primary N) is 2. The van der Waals surface area contributed by atoms with Gasteiger partial charge in [-0.05, 0) is 17.7 Å². The van der Waals surface area contributed by atoms with E-state index in [-0.39, 0.29) is 0 Å². The summed E-state index contributed by atoms with van der Waals surface area (Å²) in [4.78, 5) is 0. The van der Waals surface area contributed by atoms with Gasteiger partial charge in [-0.15, -0.1) is 0 Å². The molecule has 1 aromatic rings. The van der Waals surface area contributed by atoms with Crippen molar-refractivity contribution in [2.75, 3.05) is 11.4 Å². The molecule has 0 aliphatic carbocycles. The second kappa shape index (κ2) is 3.95. The summed E-state index contributed by atoms with van der Waals surface area (Å²) < 4.78 is 22.9. The third kappa shape index (κ3) is 2.44. The first kappa shape index (κ1) is 11.0. The zero-order valence-corrected chi connectivity index (χ0v) is 8.66. The van der Waals surface area contributed by atoms with Gasteiger partial charge in [-0.25, -0.2) is 5.14 Å². The average molecular weight is 215 g/mol. The lowest BCUT2D eigenvalue weighted by Gasteiger charge is -2.15. The zero-order chi connectivity index (χ0) is 10.8. The van der Waals surface area contributed by atoms with Crippen LogP contribution >= 0.6 is 0 Å². The summed E-state index contributed by atoms with van der Waals surface area (Å²) in [5.41, 5.74) is 6.86. The molecule has 0 atom stereocenters. The Kier molecular flexibility index (Phi) is 3.10. The molecule has 0 amide bonds. The fourth-order valence-corrected chi connectivity index (χ4v) is 1.40. The van der Waals surface area contributed by atoms with Gasteiger partial charge in [-0.2, -0.15) is 8.42 Å². The van der Waals surface area contributed by atoms with E-state index < -0.39 is 10.2 Å². The van der Waals surface area contributed by atoms with Gasteiger partial charge in [0.2, 0.25) is 0 Å². The third-order valence-electron chi connectivity index (χ3n) is 1.92. The number of benzene rings is 1. The highest BCUT2D eigenvalue weighted by atomic mass is 32.2. The largest absolute Gasteiger partial charge is 0.326 e. The van der Waals surface area contributed by atoms with E-state index in [0.717, 1.165) is 9.87 Å². The van der Waals surface area contributed by atoms with E-state index >= 15 is 0 Å². The third-order valence-corrected chi connectivity index (χ3v) is 2.89. The molecule has 0 fully saturated rings. The van der Waals surface area contributed by atoms with Gasteiger partial charge in [0.1, 0.15) is 0 Å². The van der Waals surface area contributed by atoms with Crippen LogP contribution in [0.5, 0.6) is 0 Å².